The third-order valence-corrected chi connectivity index (χ3v) is 3.62. The summed E-state index contributed by atoms with van der Waals surface area (Å²) in [6.07, 6.45) is 7.54. The van der Waals surface area contributed by atoms with Crippen LogP contribution in [-0.2, 0) is 13.5 Å². The third kappa shape index (κ3) is 3.30. The highest BCUT2D eigenvalue weighted by atomic mass is 16.3. The lowest BCUT2D eigenvalue weighted by Gasteiger charge is -2.38. The van der Waals surface area contributed by atoms with Gasteiger partial charge >= 0.3 is 0 Å². The molecule has 0 aromatic carbocycles. The average Bonchev–Trinajstić information content (AvgIpc) is 2.68. The second kappa shape index (κ2) is 5.19. The number of aliphatic hydroxyl groups is 1. The van der Waals surface area contributed by atoms with Gasteiger partial charge in [-0.05, 0) is 31.4 Å². The molecule has 0 spiro atoms. The van der Waals surface area contributed by atoms with E-state index in [0.717, 1.165) is 44.5 Å². The summed E-state index contributed by atoms with van der Waals surface area (Å²) in [5, 5.41) is 14.7. The first-order chi connectivity index (χ1) is 8.11. The largest absolute Gasteiger partial charge is 0.389 e. The standard InChI is InChI=1S/C13H23N3O/c1-3-6-16-7-4-13(17,5-8-16)9-12-10-14-15(2)11-12/h10-11,17H,3-9H2,1-2H3. The Labute approximate surface area is 103 Å². The van der Waals surface area contributed by atoms with Crippen molar-refractivity contribution < 1.29 is 5.11 Å². The third-order valence-electron chi connectivity index (χ3n) is 3.62. The molecule has 0 amide bonds. The van der Waals surface area contributed by atoms with E-state index in [9.17, 15) is 5.11 Å². The maximum absolute atomic E-state index is 10.6. The van der Waals surface area contributed by atoms with E-state index in [1.54, 1.807) is 4.68 Å². The van der Waals surface area contributed by atoms with Crippen LogP contribution in [0.5, 0.6) is 0 Å². The van der Waals surface area contributed by atoms with Crippen molar-refractivity contribution in [3.8, 4) is 0 Å². The number of piperidine rings is 1. The van der Waals surface area contributed by atoms with Crippen LogP contribution in [0.1, 0.15) is 31.7 Å². The Hall–Kier alpha value is -0.870. The molecule has 1 aliphatic rings. The van der Waals surface area contributed by atoms with Crippen molar-refractivity contribution in [2.75, 3.05) is 19.6 Å². The lowest BCUT2D eigenvalue weighted by Crippen LogP contribution is -2.45. The molecule has 0 radical (unpaired) electrons. The van der Waals surface area contributed by atoms with Crippen LogP contribution in [0.3, 0.4) is 0 Å². The molecule has 1 fully saturated rings. The summed E-state index contributed by atoms with van der Waals surface area (Å²) in [6.45, 7) is 5.40. The summed E-state index contributed by atoms with van der Waals surface area (Å²) in [6, 6.07) is 0. The zero-order chi connectivity index (χ0) is 12.3. The molecule has 2 heterocycles. The van der Waals surface area contributed by atoms with Crippen molar-refractivity contribution >= 4 is 0 Å². The van der Waals surface area contributed by atoms with E-state index < -0.39 is 5.60 Å². The quantitative estimate of drug-likeness (QED) is 0.855. The van der Waals surface area contributed by atoms with Crippen molar-refractivity contribution in [2.24, 2.45) is 7.05 Å². The molecule has 0 saturated carbocycles. The molecular formula is C13H23N3O. The van der Waals surface area contributed by atoms with Crippen molar-refractivity contribution in [1.82, 2.24) is 14.7 Å². The Balaban J connectivity index is 1.89. The normalized spacial score (nSPS) is 20.6. The van der Waals surface area contributed by atoms with E-state index in [2.05, 4.69) is 16.9 Å². The fourth-order valence-corrected chi connectivity index (χ4v) is 2.63. The molecule has 1 N–H and O–H groups in total. The molecule has 0 atom stereocenters. The van der Waals surface area contributed by atoms with Gasteiger partial charge in [-0.1, -0.05) is 6.92 Å². The molecule has 1 saturated heterocycles. The van der Waals surface area contributed by atoms with E-state index in [1.807, 2.05) is 19.4 Å². The van der Waals surface area contributed by atoms with E-state index >= 15 is 0 Å². The van der Waals surface area contributed by atoms with Gasteiger partial charge in [0.2, 0.25) is 0 Å². The predicted octanol–water partition coefficient (Wildman–Crippen LogP) is 1.20. The Morgan fingerprint density at radius 2 is 2.12 bits per heavy atom. The van der Waals surface area contributed by atoms with Crippen LogP contribution in [0.2, 0.25) is 0 Å². The molecule has 0 bridgehead atoms. The molecular weight excluding hydrogens is 214 g/mol. The fourth-order valence-electron chi connectivity index (χ4n) is 2.63. The fraction of sp³-hybridized carbons (Fsp3) is 0.769. The molecule has 2 rings (SSSR count). The molecule has 0 aliphatic carbocycles. The average molecular weight is 237 g/mol. The number of aromatic nitrogens is 2. The Bertz CT molecular complexity index is 353. The highest BCUT2D eigenvalue weighted by Crippen LogP contribution is 2.26. The van der Waals surface area contributed by atoms with Crippen LogP contribution >= 0.6 is 0 Å². The first-order valence-corrected chi connectivity index (χ1v) is 6.53. The minimum Gasteiger partial charge on any atom is -0.389 e. The van der Waals surface area contributed by atoms with Gasteiger partial charge in [-0.15, -0.1) is 0 Å². The number of hydrogen-bond acceptors (Lipinski definition) is 3. The van der Waals surface area contributed by atoms with E-state index in [4.69, 9.17) is 0 Å². The maximum atomic E-state index is 10.6. The van der Waals surface area contributed by atoms with Crippen molar-refractivity contribution in [3.05, 3.63) is 18.0 Å². The summed E-state index contributed by atoms with van der Waals surface area (Å²) in [5.74, 6) is 0. The minimum atomic E-state index is -0.521. The van der Waals surface area contributed by atoms with Gasteiger partial charge < -0.3 is 10.0 Å². The molecule has 1 aromatic rings. The minimum absolute atomic E-state index is 0.521. The summed E-state index contributed by atoms with van der Waals surface area (Å²) in [4.78, 5) is 2.44. The lowest BCUT2D eigenvalue weighted by atomic mass is 9.86. The first-order valence-electron chi connectivity index (χ1n) is 6.53. The summed E-state index contributed by atoms with van der Waals surface area (Å²) in [5.41, 5.74) is 0.617. The molecule has 96 valence electrons. The predicted molar refractivity (Wildman–Crippen MR) is 67.8 cm³/mol. The number of nitrogens with zero attached hydrogens (tertiary/aromatic N) is 3. The van der Waals surface area contributed by atoms with E-state index in [-0.39, 0.29) is 0 Å². The summed E-state index contributed by atoms with van der Waals surface area (Å²) in [7, 11) is 1.91. The second-order valence-electron chi connectivity index (χ2n) is 5.27. The van der Waals surface area contributed by atoms with Gasteiger partial charge in [0, 0.05) is 32.8 Å². The molecule has 1 aromatic heterocycles. The van der Waals surface area contributed by atoms with Crippen LogP contribution in [0.15, 0.2) is 12.4 Å². The number of rotatable bonds is 4. The van der Waals surface area contributed by atoms with Gasteiger partial charge in [-0.3, -0.25) is 4.68 Å². The van der Waals surface area contributed by atoms with Gasteiger partial charge in [0.05, 0.1) is 11.8 Å². The number of likely N-dealkylation sites (tertiary alicyclic amines) is 1. The van der Waals surface area contributed by atoms with Gasteiger partial charge in [0.15, 0.2) is 0 Å². The van der Waals surface area contributed by atoms with Crippen LogP contribution in [0, 0.1) is 0 Å². The van der Waals surface area contributed by atoms with Crippen molar-refractivity contribution in [2.45, 2.75) is 38.2 Å². The smallest absolute Gasteiger partial charge is 0.0713 e. The van der Waals surface area contributed by atoms with Crippen LogP contribution < -0.4 is 0 Å². The molecule has 0 unspecified atom stereocenters. The highest BCUT2D eigenvalue weighted by molar-refractivity contribution is 5.09. The monoisotopic (exact) mass is 237 g/mol. The van der Waals surface area contributed by atoms with Gasteiger partial charge in [0.25, 0.3) is 0 Å². The summed E-state index contributed by atoms with van der Waals surface area (Å²) < 4.78 is 1.80. The van der Waals surface area contributed by atoms with Gasteiger partial charge in [-0.2, -0.15) is 5.10 Å². The number of hydrogen-bond donors (Lipinski definition) is 1. The number of aryl methyl sites for hydroxylation is 1. The topological polar surface area (TPSA) is 41.3 Å². The first kappa shape index (κ1) is 12.6. The SMILES string of the molecule is CCCN1CCC(O)(Cc2cnn(C)c2)CC1. The van der Waals surface area contributed by atoms with E-state index in [0.29, 0.717) is 0 Å². The Kier molecular flexibility index (Phi) is 3.84. The van der Waals surface area contributed by atoms with Crippen LogP contribution in [0.25, 0.3) is 0 Å². The molecule has 4 nitrogen and oxygen atoms in total. The summed E-state index contributed by atoms with van der Waals surface area (Å²) >= 11 is 0. The Morgan fingerprint density at radius 1 is 1.41 bits per heavy atom. The lowest BCUT2D eigenvalue weighted by molar-refractivity contribution is -0.0205. The molecule has 17 heavy (non-hydrogen) atoms. The zero-order valence-corrected chi connectivity index (χ0v) is 10.9. The molecule has 1 aliphatic heterocycles. The van der Waals surface area contributed by atoms with Gasteiger partial charge in [-0.25, -0.2) is 0 Å². The van der Waals surface area contributed by atoms with Gasteiger partial charge in [0.1, 0.15) is 0 Å². The van der Waals surface area contributed by atoms with Crippen LogP contribution in [-0.4, -0.2) is 45.0 Å². The molecule has 4 heteroatoms. The maximum Gasteiger partial charge on any atom is 0.0713 e. The van der Waals surface area contributed by atoms with Crippen LogP contribution in [0.4, 0.5) is 0 Å². The van der Waals surface area contributed by atoms with Crippen molar-refractivity contribution in [1.29, 1.82) is 0 Å². The second-order valence-corrected chi connectivity index (χ2v) is 5.27. The zero-order valence-electron chi connectivity index (χ0n) is 10.9. The van der Waals surface area contributed by atoms with E-state index in [1.165, 1.54) is 6.42 Å². The Morgan fingerprint density at radius 3 is 2.65 bits per heavy atom. The highest BCUT2D eigenvalue weighted by Gasteiger charge is 2.32. The van der Waals surface area contributed by atoms with Crippen molar-refractivity contribution in [3.63, 3.8) is 0 Å².